The molecule has 0 aromatic heterocycles. The topological polar surface area (TPSA) is 9.23 Å². The van der Waals surface area contributed by atoms with Crippen molar-refractivity contribution in [3.8, 4) is 0 Å². The van der Waals surface area contributed by atoms with Gasteiger partial charge in [0.2, 0.25) is 0 Å². The van der Waals surface area contributed by atoms with E-state index in [1.807, 2.05) is 0 Å². The van der Waals surface area contributed by atoms with Crippen LogP contribution in [0.1, 0.15) is 47.0 Å². The molecule has 1 unspecified atom stereocenters. The van der Waals surface area contributed by atoms with Crippen molar-refractivity contribution in [3.05, 3.63) is 0 Å². The predicted octanol–water partition coefficient (Wildman–Crippen LogP) is 3.48. The summed E-state index contributed by atoms with van der Waals surface area (Å²) in [5, 5.41) is 0. The quantitative estimate of drug-likeness (QED) is 0.652. The summed E-state index contributed by atoms with van der Waals surface area (Å²) in [6.07, 6.45) is 4.44. The third kappa shape index (κ3) is 2.98. The van der Waals surface area contributed by atoms with Gasteiger partial charge in [-0.15, -0.1) is 0 Å². The molecule has 1 heterocycles. The van der Waals surface area contributed by atoms with Crippen molar-refractivity contribution in [2.45, 2.75) is 53.1 Å². The molecule has 0 saturated carbocycles. The van der Waals surface area contributed by atoms with Crippen LogP contribution >= 0.6 is 0 Å². The highest BCUT2D eigenvalue weighted by Crippen LogP contribution is 2.31. The van der Waals surface area contributed by atoms with Gasteiger partial charge in [0, 0.05) is 6.61 Å². The molecule has 0 radical (unpaired) electrons. The van der Waals surface area contributed by atoms with Gasteiger partial charge < -0.3 is 4.74 Å². The van der Waals surface area contributed by atoms with Gasteiger partial charge in [0.15, 0.2) is 0 Å². The molecule has 0 amide bonds. The first-order chi connectivity index (χ1) is 6.13. The zero-order valence-electron chi connectivity index (χ0n) is 9.55. The molecule has 1 aliphatic heterocycles. The Hall–Kier alpha value is -0.0400. The maximum Gasteiger partial charge on any atom is 0.0608 e. The zero-order chi connectivity index (χ0) is 9.84. The maximum absolute atomic E-state index is 5.86. The number of hydrogen-bond donors (Lipinski definition) is 0. The van der Waals surface area contributed by atoms with Crippen molar-refractivity contribution in [1.82, 2.24) is 0 Å². The third-order valence-corrected chi connectivity index (χ3v) is 3.18. The van der Waals surface area contributed by atoms with Gasteiger partial charge in [-0.2, -0.15) is 0 Å². The molecule has 0 aromatic carbocycles. The first-order valence-electron chi connectivity index (χ1n) is 5.74. The molecule has 0 spiro atoms. The molecule has 0 N–H and O–H groups in total. The van der Waals surface area contributed by atoms with Crippen LogP contribution in [0.4, 0.5) is 0 Å². The van der Waals surface area contributed by atoms with Crippen LogP contribution in [0, 0.1) is 17.8 Å². The first-order valence-corrected chi connectivity index (χ1v) is 5.74. The summed E-state index contributed by atoms with van der Waals surface area (Å²) in [5.41, 5.74) is 0. The monoisotopic (exact) mass is 184 g/mol. The molecular formula is C12H24O. The van der Waals surface area contributed by atoms with E-state index in [0.29, 0.717) is 6.10 Å². The van der Waals surface area contributed by atoms with Gasteiger partial charge in [0.05, 0.1) is 6.10 Å². The smallest absolute Gasteiger partial charge is 0.0608 e. The van der Waals surface area contributed by atoms with Gasteiger partial charge in [-0.05, 0) is 37.0 Å². The summed E-state index contributed by atoms with van der Waals surface area (Å²) in [7, 11) is 0. The molecule has 1 aliphatic rings. The standard InChI is InChI=1S/C12H24O/c1-9(2)12(10(3)4)11-7-5-6-8-13-11/h9-12H,5-8H2,1-4H3. The van der Waals surface area contributed by atoms with Crippen LogP contribution in [-0.2, 0) is 4.74 Å². The molecule has 1 heteroatoms. The largest absolute Gasteiger partial charge is 0.378 e. The van der Waals surface area contributed by atoms with E-state index in [2.05, 4.69) is 27.7 Å². The molecule has 1 saturated heterocycles. The summed E-state index contributed by atoms with van der Waals surface area (Å²) >= 11 is 0. The number of rotatable bonds is 3. The van der Waals surface area contributed by atoms with E-state index < -0.39 is 0 Å². The Labute approximate surface area is 82.9 Å². The van der Waals surface area contributed by atoms with Crippen LogP contribution in [0.15, 0.2) is 0 Å². The molecule has 0 aliphatic carbocycles. The van der Waals surface area contributed by atoms with E-state index in [1.165, 1.54) is 19.3 Å². The fourth-order valence-electron chi connectivity index (χ4n) is 2.70. The molecule has 78 valence electrons. The summed E-state index contributed by atoms with van der Waals surface area (Å²) in [4.78, 5) is 0. The molecule has 1 atom stereocenters. The molecule has 0 aromatic rings. The van der Waals surface area contributed by atoms with E-state index in [1.54, 1.807) is 0 Å². The van der Waals surface area contributed by atoms with Crippen LogP contribution in [0.3, 0.4) is 0 Å². The van der Waals surface area contributed by atoms with Gasteiger partial charge in [-0.25, -0.2) is 0 Å². The van der Waals surface area contributed by atoms with E-state index in [4.69, 9.17) is 4.74 Å². The second kappa shape index (κ2) is 4.99. The molecule has 1 nitrogen and oxygen atoms in total. The van der Waals surface area contributed by atoms with Crippen molar-refractivity contribution >= 4 is 0 Å². The van der Waals surface area contributed by atoms with Crippen LogP contribution in [0.2, 0.25) is 0 Å². The third-order valence-electron chi connectivity index (χ3n) is 3.18. The lowest BCUT2D eigenvalue weighted by Gasteiger charge is -2.35. The Kier molecular flexibility index (Phi) is 4.24. The Morgan fingerprint density at radius 1 is 1.00 bits per heavy atom. The fraction of sp³-hybridized carbons (Fsp3) is 1.00. The van der Waals surface area contributed by atoms with E-state index in [9.17, 15) is 0 Å². The first kappa shape index (κ1) is 11.0. The van der Waals surface area contributed by atoms with E-state index >= 15 is 0 Å². The summed E-state index contributed by atoms with van der Waals surface area (Å²) in [5.74, 6) is 2.26. The highest BCUT2D eigenvalue weighted by molar-refractivity contribution is 4.78. The zero-order valence-corrected chi connectivity index (χ0v) is 9.55. The minimum absolute atomic E-state index is 0.536. The second-order valence-electron chi connectivity index (χ2n) is 4.97. The van der Waals surface area contributed by atoms with Crippen molar-refractivity contribution in [3.63, 3.8) is 0 Å². The van der Waals surface area contributed by atoms with E-state index in [-0.39, 0.29) is 0 Å². The van der Waals surface area contributed by atoms with E-state index in [0.717, 1.165) is 24.4 Å². The molecule has 1 fully saturated rings. The van der Waals surface area contributed by atoms with Crippen molar-refractivity contribution < 1.29 is 4.74 Å². The Morgan fingerprint density at radius 2 is 1.62 bits per heavy atom. The molecule has 1 rings (SSSR count). The Bertz CT molecular complexity index is 126. The number of hydrogen-bond acceptors (Lipinski definition) is 1. The average molecular weight is 184 g/mol. The molecule has 13 heavy (non-hydrogen) atoms. The van der Waals surface area contributed by atoms with Crippen LogP contribution in [0.5, 0.6) is 0 Å². The average Bonchev–Trinajstić information content (AvgIpc) is 2.04. The second-order valence-corrected chi connectivity index (χ2v) is 4.97. The Balaban J connectivity index is 2.52. The van der Waals surface area contributed by atoms with Crippen LogP contribution in [0.25, 0.3) is 0 Å². The lowest BCUT2D eigenvalue weighted by Crippen LogP contribution is -2.34. The Morgan fingerprint density at radius 3 is 2.00 bits per heavy atom. The molecular weight excluding hydrogens is 160 g/mol. The minimum Gasteiger partial charge on any atom is -0.378 e. The van der Waals surface area contributed by atoms with Gasteiger partial charge in [-0.1, -0.05) is 27.7 Å². The van der Waals surface area contributed by atoms with Crippen LogP contribution < -0.4 is 0 Å². The van der Waals surface area contributed by atoms with Gasteiger partial charge in [-0.3, -0.25) is 0 Å². The summed E-state index contributed by atoms with van der Waals surface area (Å²) in [6, 6.07) is 0. The van der Waals surface area contributed by atoms with Crippen molar-refractivity contribution in [2.75, 3.05) is 6.61 Å². The molecule has 0 bridgehead atoms. The fourth-order valence-corrected chi connectivity index (χ4v) is 2.70. The van der Waals surface area contributed by atoms with Gasteiger partial charge in [0.1, 0.15) is 0 Å². The lowest BCUT2D eigenvalue weighted by molar-refractivity contribution is -0.0475. The van der Waals surface area contributed by atoms with Gasteiger partial charge in [0.25, 0.3) is 0 Å². The number of ether oxygens (including phenoxy) is 1. The lowest BCUT2D eigenvalue weighted by atomic mass is 9.79. The highest BCUT2D eigenvalue weighted by Gasteiger charge is 2.29. The summed E-state index contributed by atoms with van der Waals surface area (Å²) < 4.78 is 5.86. The predicted molar refractivity (Wildman–Crippen MR) is 56.8 cm³/mol. The van der Waals surface area contributed by atoms with Crippen molar-refractivity contribution in [2.24, 2.45) is 17.8 Å². The summed E-state index contributed by atoms with van der Waals surface area (Å²) in [6.45, 7) is 10.3. The SMILES string of the molecule is CC(C)C(C(C)C)C1CCCCO1. The normalized spacial score (nSPS) is 24.7. The van der Waals surface area contributed by atoms with Gasteiger partial charge >= 0.3 is 0 Å². The highest BCUT2D eigenvalue weighted by atomic mass is 16.5. The minimum atomic E-state index is 0.536. The van der Waals surface area contributed by atoms with Crippen LogP contribution in [-0.4, -0.2) is 12.7 Å². The van der Waals surface area contributed by atoms with Crippen molar-refractivity contribution in [1.29, 1.82) is 0 Å². The maximum atomic E-state index is 5.86.